The summed E-state index contributed by atoms with van der Waals surface area (Å²) in [5, 5.41) is 0. The van der Waals surface area contributed by atoms with E-state index in [4.69, 9.17) is 0 Å². The van der Waals surface area contributed by atoms with Crippen LogP contribution in [0.4, 0.5) is 0 Å². The number of hydrogen-bond donors (Lipinski definition) is 0. The molecule has 1 atom stereocenters. The SMILES string of the molecule is COC(=O)C1C(=O)c2ccccc2S(=O)(=O)N1Cc1ccccc1. The lowest BCUT2D eigenvalue weighted by Gasteiger charge is -2.33. The highest BCUT2D eigenvalue weighted by atomic mass is 32.2. The molecule has 0 amide bonds. The number of Topliss-reactive ketones (excluding diaryl/α,β-unsaturated/α-hetero) is 1. The normalized spacial score (nSPS) is 19.5. The van der Waals surface area contributed by atoms with Gasteiger partial charge in [0.05, 0.1) is 12.0 Å². The maximum Gasteiger partial charge on any atom is 0.332 e. The minimum atomic E-state index is -4.01. The average molecular weight is 345 g/mol. The highest BCUT2D eigenvalue weighted by Crippen LogP contribution is 2.31. The van der Waals surface area contributed by atoms with Crippen LogP contribution in [-0.2, 0) is 26.1 Å². The summed E-state index contributed by atoms with van der Waals surface area (Å²) < 4.78 is 31.5. The summed E-state index contributed by atoms with van der Waals surface area (Å²) in [6.45, 7) is -0.0942. The molecule has 0 aromatic heterocycles. The molecule has 124 valence electrons. The van der Waals surface area contributed by atoms with Crippen LogP contribution in [0.5, 0.6) is 0 Å². The van der Waals surface area contributed by atoms with E-state index in [1.807, 2.05) is 0 Å². The molecule has 0 saturated carbocycles. The predicted octanol–water partition coefficient (Wildman–Crippen LogP) is 1.62. The first-order valence-electron chi connectivity index (χ1n) is 7.23. The van der Waals surface area contributed by atoms with Crippen molar-refractivity contribution in [1.29, 1.82) is 0 Å². The Bertz CT molecular complexity index is 892. The highest BCUT2D eigenvalue weighted by molar-refractivity contribution is 7.89. The number of fused-ring (bicyclic) bond motifs is 1. The molecule has 1 aliphatic heterocycles. The van der Waals surface area contributed by atoms with Gasteiger partial charge in [-0.15, -0.1) is 0 Å². The van der Waals surface area contributed by atoms with Gasteiger partial charge in [0.15, 0.2) is 11.8 Å². The monoisotopic (exact) mass is 345 g/mol. The second-order valence-electron chi connectivity index (χ2n) is 5.32. The maximum absolute atomic E-state index is 13.0. The van der Waals surface area contributed by atoms with E-state index in [0.29, 0.717) is 5.56 Å². The minimum absolute atomic E-state index is 0.0113. The van der Waals surface area contributed by atoms with Crippen molar-refractivity contribution in [1.82, 2.24) is 4.31 Å². The molecule has 0 aliphatic carbocycles. The van der Waals surface area contributed by atoms with Crippen LogP contribution in [0.3, 0.4) is 0 Å². The van der Waals surface area contributed by atoms with Crippen LogP contribution < -0.4 is 0 Å². The first-order valence-corrected chi connectivity index (χ1v) is 8.67. The van der Waals surface area contributed by atoms with Crippen LogP contribution in [0.1, 0.15) is 15.9 Å². The van der Waals surface area contributed by atoms with E-state index in [-0.39, 0.29) is 17.0 Å². The van der Waals surface area contributed by atoms with E-state index in [2.05, 4.69) is 4.74 Å². The van der Waals surface area contributed by atoms with Gasteiger partial charge in [-0.25, -0.2) is 13.2 Å². The van der Waals surface area contributed by atoms with E-state index in [9.17, 15) is 18.0 Å². The summed E-state index contributed by atoms with van der Waals surface area (Å²) in [5.41, 5.74) is 0.680. The van der Waals surface area contributed by atoms with Crippen LogP contribution in [0.2, 0.25) is 0 Å². The highest BCUT2D eigenvalue weighted by Gasteiger charge is 2.47. The Morgan fingerprint density at radius 1 is 1.08 bits per heavy atom. The first-order chi connectivity index (χ1) is 11.5. The molecule has 3 rings (SSSR count). The van der Waals surface area contributed by atoms with Gasteiger partial charge >= 0.3 is 5.97 Å². The third kappa shape index (κ3) is 2.61. The van der Waals surface area contributed by atoms with Crippen LogP contribution in [0.15, 0.2) is 59.5 Å². The van der Waals surface area contributed by atoms with Crippen LogP contribution in [-0.4, -0.2) is 37.6 Å². The largest absolute Gasteiger partial charge is 0.467 e. The fraction of sp³-hybridized carbons (Fsp3) is 0.176. The third-order valence-corrected chi connectivity index (χ3v) is 5.75. The third-order valence-electron chi connectivity index (χ3n) is 3.88. The topological polar surface area (TPSA) is 80.8 Å². The van der Waals surface area contributed by atoms with Gasteiger partial charge in [-0.2, -0.15) is 4.31 Å². The zero-order valence-electron chi connectivity index (χ0n) is 12.9. The number of sulfonamides is 1. The van der Waals surface area contributed by atoms with Crippen LogP contribution >= 0.6 is 0 Å². The van der Waals surface area contributed by atoms with Gasteiger partial charge in [0.25, 0.3) is 0 Å². The second kappa shape index (κ2) is 6.18. The zero-order chi connectivity index (χ0) is 17.3. The van der Waals surface area contributed by atoms with Gasteiger partial charge in [0.2, 0.25) is 10.0 Å². The lowest BCUT2D eigenvalue weighted by molar-refractivity contribution is -0.143. The quantitative estimate of drug-likeness (QED) is 0.624. The van der Waals surface area contributed by atoms with Gasteiger partial charge in [-0.05, 0) is 17.7 Å². The van der Waals surface area contributed by atoms with Crippen LogP contribution in [0.25, 0.3) is 0 Å². The number of benzene rings is 2. The molecule has 0 radical (unpaired) electrons. The number of carbonyl (C=O) groups excluding carboxylic acids is 2. The van der Waals surface area contributed by atoms with Crippen molar-refractivity contribution in [2.24, 2.45) is 0 Å². The fourth-order valence-electron chi connectivity index (χ4n) is 2.71. The maximum atomic E-state index is 13.0. The summed E-state index contributed by atoms with van der Waals surface area (Å²) >= 11 is 0. The van der Waals surface area contributed by atoms with E-state index in [1.165, 1.54) is 12.1 Å². The molecule has 0 N–H and O–H groups in total. The fourth-order valence-corrected chi connectivity index (χ4v) is 4.44. The Morgan fingerprint density at radius 2 is 1.71 bits per heavy atom. The molecule has 7 heteroatoms. The van der Waals surface area contributed by atoms with Gasteiger partial charge in [-0.3, -0.25) is 4.79 Å². The molecule has 0 saturated heterocycles. The molecule has 24 heavy (non-hydrogen) atoms. The van der Waals surface area contributed by atoms with Crippen molar-refractivity contribution < 1.29 is 22.7 Å². The van der Waals surface area contributed by atoms with Crippen molar-refractivity contribution in [2.75, 3.05) is 7.11 Å². The number of rotatable bonds is 3. The molecule has 1 heterocycles. The van der Waals surface area contributed by atoms with Crippen LogP contribution in [0, 0.1) is 0 Å². The smallest absolute Gasteiger partial charge is 0.332 e. The number of hydrogen-bond acceptors (Lipinski definition) is 5. The standard InChI is InChI=1S/C17H15NO5S/c1-23-17(20)15-16(19)13-9-5-6-10-14(13)24(21,22)18(15)11-12-7-3-2-4-8-12/h2-10,15H,11H2,1H3. The minimum Gasteiger partial charge on any atom is -0.467 e. The summed E-state index contributed by atoms with van der Waals surface area (Å²) in [5.74, 6) is -1.47. The van der Waals surface area contributed by atoms with Crippen molar-refractivity contribution in [3.8, 4) is 0 Å². The number of esters is 1. The number of nitrogens with zero attached hydrogens (tertiary/aromatic N) is 1. The Labute approximate surface area is 139 Å². The molecule has 2 aromatic rings. The van der Waals surface area contributed by atoms with Crippen molar-refractivity contribution in [3.63, 3.8) is 0 Å². The average Bonchev–Trinajstić information content (AvgIpc) is 2.60. The first kappa shape index (κ1) is 16.4. The Balaban J connectivity index is 2.16. The molecule has 0 fully saturated rings. The second-order valence-corrected chi connectivity index (χ2v) is 7.18. The lowest BCUT2D eigenvalue weighted by atomic mass is 10.0. The lowest BCUT2D eigenvalue weighted by Crippen LogP contribution is -2.53. The Hall–Kier alpha value is -2.51. The van der Waals surface area contributed by atoms with E-state index in [0.717, 1.165) is 11.4 Å². The predicted molar refractivity (Wildman–Crippen MR) is 85.7 cm³/mol. The molecular formula is C17H15NO5S. The molecule has 0 spiro atoms. The molecule has 1 unspecified atom stereocenters. The number of carbonyl (C=O) groups is 2. The Kier molecular flexibility index (Phi) is 4.21. The van der Waals surface area contributed by atoms with Crippen molar-refractivity contribution >= 4 is 21.8 Å². The van der Waals surface area contributed by atoms with Gasteiger partial charge in [0, 0.05) is 12.1 Å². The molecule has 1 aliphatic rings. The molecule has 2 aromatic carbocycles. The van der Waals surface area contributed by atoms with E-state index in [1.54, 1.807) is 42.5 Å². The summed E-state index contributed by atoms with van der Waals surface area (Å²) in [4.78, 5) is 24.7. The Morgan fingerprint density at radius 3 is 2.38 bits per heavy atom. The van der Waals surface area contributed by atoms with Crippen molar-refractivity contribution in [2.45, 2.75) is 17.5 Å². The zero-order valence-corrected chi connectivity index (χ0v) is 13.7. The number of methoxy groups -OCH3 is 1. The van der Waals surface area contributed by atoms with E-state index >= 15 is 0 Å². The molecular weight excluding hydrogens is 330 g/mol. The summed E-state index contributed by atoms with van der Waals surface area (Å²) in [6.07, 6.45) is 0. The number of ether oxygens (including phenoxy) is 1. The van der Waals surface area contributed by atoms with Gasteiger partial charge < -0.3 is 4.74 Å². The number of ketones is 1. The molecule has 6 nitrogen and oxygen atoms in total. The van der Waals surface area contributed by atoms with E-state index < -0.39 is 27.8 Å². The summed E-state index contributed by atoms with van der Waals surface area (Å²) in [6, 6.07) is 13.1. The van der Waals surface area contributed by atoms with Gasteiger partial charge in [0.1, 0.15) is 0 Å². The summed E-state index contributed by atoms with van der Waals surface area (Å²) in [7, 11) is -2.88. The van der Waals surface area contributed by atoms with Gasteiger partial charge in [-0.1, -0.05) is 42.5 Å². The van der Waals surface area contributed by atoms with Crippen molar-refractivity contribution in [3.05, 3.63) is 65.7 Å². The molecule has 0 bridgehead atoms.